The second-order valence-corrected chi connectivity index (χ2v) is 4.80. The highest BCUT2D eigenvalue weighted by atomic mass is 16.4. The standard InChI is InChI=1S/C14H19NO2/c1-2-3-12-9-15(10-12)13-6-4-11(5-7-13)8-14(16)17/h4-7,12H,2-3,8-10H2,1H3,(H,16,17). The molecule has 0 spiro atoms. The zero-order valence-electron chi connectivity index (χ0n) is 10.2. The van der Waals surface area contributed by atoms with Crippen molar-refractivity contribution in [1.82, 2.24) is 0 Å². The molecule has 1 fully saturated rings. The summed E-state index contributed by atoms with van der Waals surface area (Å²) in [6.45, 7) is 4.52. The molecule has 2 rings (SSSR count). The fourth-order valence-corrected chi connectivity index (χ4v) is 2.37. The van der Waals surface area contributed by atoms with Crippen molar-refractivity contribution in [3.8, 4) is 0 Å². The van der Waals surface area contributed by atoms with Crippen LogP contribution in [-0.2, 0) is 11.2 Å². The molecule has 1 N–H and O–H groups in total. The molecule has 0 amide bonds. The molecule has 3 heteroatoms. The van der Waals surface area contributed by atoms with Gasteiger partial charge in [0, 0.05) is 18.8 Å². The normalized spacial score (nSPS) is 15.7. The summed E-state index contributed by atoms with van der Waals surface area (Å²) in [7, 11) is 0. The van der Waals surface area contributed by atoms with Crippen molar-refractivity contribution in [2.24, 2.45) is 5.92 Å². The van der Waals surface area contributed by atoms with Gasteiger partial charge in [0.25, 0.3) is 0 Å². The van der Waals surface area contributed by atoms with E-state index in [-0.39, 0.29) is 6.42 Å². The van der Waals surface area contributed by atoms with Crippen LogP contribution in [-0.4, -0.2) is 24.2 Å². The Morgan fingerprint density at radius 2 is 2.00 bits per heavy atom. The molecule has 0 radical (unpaired) electrons. The van der Waals surface area contributed by atoms with E-state index >= 15 is 0 Å². The van der Waals surface area contributed by atoms with E-state index in [9.17, 15) is 4.79 Å². The number of carbonyl (C=O) groups is 1. The molecular weight excluding hydrogens is 214 g/mol. The van der Waals surface area contributed by atoms with Gasteiger partial charge < -0.3 is 10.0 Å². The fourth-order valence-electron chi connectivity index (χ4n) is 2.37. The number of aliphatic carboxylic acids is 1. The Labute approximate surface area is 102 Å². The third-order valence-electron chi connectivity index (χ3n) is 3.31. The average Bonchev–Trinajstić information content (AvgIpc) is 2.24. The quantitative estimate of drug-likeness (QED) is 0.849. The van der Waals surface area contributed by atoms with E-state index in [0.717, 1.165) is 24.6 Å². The molecule has 1 saturated heterocycles. The van der Waals surface area contributed by atoms with Crippen molar-refractivity contribution in [3.63, 3.8) is 0 Å². The van der Waals surface area contributed by atoms with Crippen LogP contribution in [0, 0.1) is 5.92 Å². The van der Waals surface area contributed by atoms with E-state index < -0.39 is 5.97 Å². The van der Waals surface area contributed by atoms with Crippen molar-refractivity contribution in [1.29, 1.82) is 0 Å². The highest BCUT2D eigenvalue weighted by Gasteiger charge is 2.25. The van der Waals surface area contributed by atoms with Gasteiger partial charge in [-0.05, 0) is 30.0 Å². The molecule has 92 valence electrons. The minimum atomic E-state index is -0.773. The Bertz CT molecular complexity index is 380. The first kappa shape index (κ1) is 12.0. The molecule has 17 heavy (non-hydrogen) atoms. The Morgan fingerprint density at radius 3 is 2.53 bits per heavy atom. The number of benzene rings is 1. The van der Waals surface area contributed by atoms with Crippen LogP contribution in [0.5, 0.6) is 0 Å². The molecular formula is C14H19NO2. The van der Waals surface area contributed by atoms with Gasteiger partial charge in [-0.3, -0.25) is 4.79 Å². The maximum Gasteiger partial charge on any atom is 0.307 e. The number of hydrogen-bond acceptors (Lipinski definition) is 2. The topological polar surface area (TPSA) is 40.5 Å². The summed E-state index contributed by atoms with van der Waals surface area (Å²) < 4.78 is 0. The molecule has 0 bridgehead atoms. The summed E-state index contributed by atoms with van der Waals surface area (Å²) in [6, 6.07) is 7.88. The highest BCUT2D eigenvalue weighted by Crippen LogP contribution is 2.27. The smallest absolute Gasteiger partial charge is 0.307 e. The number of carboxylic acids is 1. The summed E-state index contributed by atoms with van der Waals surface area (Å²) in [4.78, 5) is 12.9. The van der Waals surface area contributed by atoms with Gasteiger partial charge in [-0.1, -0.05) is 25.5 Å². The van der Waals surface area contributed by atoms with Crippen LogP contribution in [0.15, 0.2) is 24.3 Å². The van der Waals surface area contributed by atoms with Crippen molar-refractivity contribution in [2.75, 3.05) is 18.0 Å². The Balaban J connectivity index is 1.89. The molecule has 0 aliphatic carbocycles. The van der Waals surface area contributed by atoms with E-state index in [2.05, 4.69) is 11.8 Å². The van der Waals surface area contributed by atoms with Gasteiger partial charge in [-0.15, -0.1) is 0 Å². The highest BCUT2D eigenvalue weighted by molar-refractivity contribution is 5.70. The lowest BCUT2D eigenvalue weighted by Crippen LogP contribution is -2.46. The first-order chi connectivity index (χ1) is 8.19. The number of carboxylic acid groups (broad SMARTS) is 1. The monoisotopic (exact) mass is 233 g/mol. The average molecular weight is 233 g/mol. The largest absolute Gasteiger partial charge is 0.481 e. The van der Waals surface area contributed by atoms with Crippen molar-refractivity contribution < 1.29 is 9.90 Å². The summed E-state index contributed by atoms with van der Waals surface area (Å²) >= 11 is 0. The Hall–Kier alpha value is -1.51. The molecule has 1 aliphatic rings. The summed E-state index contributed by atoms with van der Waals surface area (Å²) in [6.07, 6.45) is 2.68. The van der Waals surface area contributed by atoms with Crippen LogP contribution in [0.4, 0.5) is 5.69 Å². The maximum absolute atomic E-state index is 10.6. The van der Waals surface area contributed by atoms with Gasteiger partial charge in [0.1, 0.15) is 0 Å². The zero-order valence-corrected chi connectivity index (χ0v) is 10.2. The van der Waals surface area contributed by atoms with Crippen LogP contribution in [0.3, 0.4) is 0 Å². The van der Waals surface area contributed by atoms with E-state index in [1.807, 2.05) is 24.3 Å². The molecule has 1 aliphatic heterocycles. The second kappa shape index (κ2) is 5.21. The molecule has 1 aromatic rings. The number of anilines is 1. The van der Waals surface area contributed by atoms with Crippen LogP contribution < -0.4 is 4.90 Å². The molecule has 0 atom stereocenters. The molecule has 0 unspecified atom stereocenters. The minimum Gasteiger partial charge on any atom is -0.481 e. The van der Waals surface area contributed by atoms with Gasteiger partial charge in [0.05, 0.1) is 6.42 Å². The van der Waals surface area contributed by atoms with Gasteiger partial charge in [-0.25, -0.2) is 0 Å². The van der Waals surface area contributed by atoms with Crippen LogP contribution >= 0.6 is 0 Å². The van der Waals surface area contributed by atoms with E-state index in [1.165, 1.54) is 18.5 Å². The third-order valence-corrected chi connectivity index (χ3v) is 3.31. The first-order valence-electron chi connectivity index (χ1n) is 6.24. The second-order valence-electron chi connectivity index (χ2n) is 4.80. The van der Waals surface area contributed by atoms with E-state index in [4.69, 9.17) is 5.11 Å². The summed E-state index contributed by atoms with van der Waals surface area (Å²) in [5.74, 6) is 0.0726. The SMILES string of the molecule is CCCC1CN(c2ccc(CC(=O)O)cc2)C1. The lowest BCUT2D eigenvalue weighted by atomic mass is 9.94. The summed E-state index contributed by atoms with van der Waals surface area (Å²) in [5, 5.41) is 8.69. The maximum atomic E-state index is 10.6. The lowest BCUT2D eigenvalue weighted by Gasteiger charge is -2.41. The van der Waals surface area contributed by atoms with E-state index in [0.29, 0.717) is 0 Å². The van der Waals surface area contributed by atoms with Gasteiger partial charge in [0.15, 0.2) is 0 Å². The molecule has 3 nitrogen and oxygen atoms in total. The number of nitrogens with zero attached hydrogens (tertiary/aromatic N) is 1. The van der Waals surface area contributed by atoms with Crippen LogP contribution in [0.1, 0.15) is 25.3 Å². The third kappa shape index (κ3) is 2.99. The van der Waals surface area contributed by atoms with Gasteiger partial charge in [-0.2, -0.15) is 0 Å². The number of rotatable bonds is 5. The van der Waals surface area contributed by atoms with Gasteiger partial charge in [0.2, 0.25) is 0 Å². The number of hydrogen-bond donors (Lipinski definition) is 1. The predicted octanol–water partition coefficient (Wildman–Crippen LogP) is 2.55. The molecule has 1 heterocycles. The van der Waals surface area contributed by atoms with Crippen LogP contribution in [0.25, 0.3) is 0 Å². The van der Waals surface area contributed by atoms with Crippen LogP contribution in [0.2, 0.25) is 0 Å². The molecule has 0 saturated carbocycles. The zero-order chi connectivity index (χ0) is 12.3. The lowest BCUT2D eigenvalue weighted by molar-refractivity contribution is -0.136. The van der Waals surface area contributed by atoms with Gasteiger partial charge >= 0.3 is 5.97 Å². The molecule has 1 aromatic carbocycles. The Kier molecular flexibility index (Phi) is 3.67. The summed E-state index contributed by atoms with van der Waals surface area (Å²) in [5.41, 5.74) is 2.08. The minimum absolute atomic E-state index is 0.110. The van der Waals surface area contributed by atoms with Crippen molar-refractivity contribution in [3.05, 3.63) is 29.8 Å². The predicted molar refractivity (Wildman–Crippen MR) is 68.4 cm³/mol. The fraction of sp³-hybridized carbons (Fsp3) is 0.500. The first-order valence-corrected chi connectivity index (χ1v) is 6.24. The van der Waals surface area contributed by atoms with Crippen molar-refractivity contribution >= 4 is 11.7 Å². The molecule has 0 aromatic heterocycles. The Morgan fingerprint density at radius 1 is 1.35 bits per heavy atom. The van der Waals surface area contributed by atoms with E-state index in [1.54, 1.807) is 0 Å². The van der Waals surface area contributed by atoms with Crippen molar-refractivity contribution in [2.45, 2.75) is 26.2 Å².